The number of nitrogens with one attached hydrogen (secondary N) is 1. The van der Waals surface area contributed by atoms with Gasteiger partial charge < -0.3 is 14.8 Å². The van der Waals surface area contributed by atoms with Crippen molar-refractivity contribution >= 4 is 62.4 Å². The van der Waals surface area contributed by atoms with Gasteiger partial charge in [-0.2, -0.15) is 4.99 Å². The molecule has 0 saturated carbocycles. The average Bonchev–Trinajstić information content (AvgIpc) is 3.18. The van der Waals surface area contributed by atoms with Gasteiger partial charge in [0.1, 0.15) is 6.61 Å². The zero-order chi connectivity index (χ0) is 24.8. The van der Waals surface area contributed by atoms with Crippen LogP contribution in [0.15, 0.2) is 81.1 Å². The monoisotopic (exact) mass is 570 g/mol. The molecule has 0 atom stereocenters. The van der Waals surface area contributed by atoms with Crippen LogP contribution >= 0.6 is 39.3 Å². The summed E-state index contributed by atoms with van der Waals surface area (Å²) in [7, 11) is 0. The molecule has 0 aliphatic carbocycles. The molecule has 9 heteroatoms. The largest absolute Gasteiger partial charge is 0.490 e. The minimum Gasteiger partial charge on any atom is -0.490 e. The van der Waals surface area contributed by atoms with Crippen molar-refractivity contribution in [2.24, 2.45) is 4.99 Å². The maximum absolute atomic E-state index is 12.5. The number of nitrogens with zero attached hydrogens (tertiary/aromatic N) is 1. The SMILES string of the molecule is CCOc1cc(/C=C2\SC(=NC(=O)c3ccccc3)NC2=O)cc(Br)c1OCc1ccc(Cl)cc1. The van der Waals surface area contributed by atoms with Crippen LogP contribution in [0.4, 0.5) is 0 Å². The van der Waals surface area contributed by atoms with E-state index in [0.717, 1.165) is 22.9 Å². The Morgan fingerprint density at radius 1 is 1.11 bits per heavy atom. The third kappa shape index (κ3) is 6.54. The van der Waals surface area contributed by atoms with Crippen molar-refractivity contribution in [1.82, 2.24) is 5.32 Å². The normalized spacial score (nSPS) is 15.3. The summed E-state index contributed by atoms with van der Waals surface area (Å²) >= 11 is 10.6. The van der Waals surface area contributed by atoms with Crippen LogP contribution < -0.4 is 14.8 Å². The van der Waals surface area contributed by atoms with E-state index in [1.165, 1.54) is 0 Å². The third-order valence-electron chi connectivity index (χ3n) is 4.80. The molecule has 6 nitrogen and oxygen atoms in total. The van der Waals surface area contributed by atoms with Crippen molar-refractivity contribution in [2.75, 3.05) is 6.61 Å². The highest BCUT2D eigenvalue weighted by molar-refractivity contribution is 9.10. The molecule has 1 N–H and O–H groups in total. The lowest BCUT2D eigenvalue weighted by Crippen LogP contribution is -2.20. The fourth-order valence-electron chi connectivity index (χ4n) is 3.18. The number of carbonyl (C=O) groups is 2. The number of amidine groups is 1. The second-order valence-electron chi connectivity index (χ2n) is 7.33. The van der Waals surface area contributed by atoms with E-state index in [-0.39, 0.29) is 11.1 Å². The minimum absolute atomic E-state index is 0.238. The van der Waals surface area contributed by atoms with Gasteiger partial charge in [0, 0.05) is 10.6 Å². The lowest BCUT2D eigenvalue weighted by atomic mass is 10.1. The molecule has 2 amide bonds. The molecule has 1 aliphatic heterocycles. The Morgan fingerprint density at radius 2 is 1.86 bits per heavy atom. The molecule has 0 radical (unpaired) electrons. The highest BCUT2D eigenvalue weighted by atomic mass is 79.9. The number of benzene rings is 3. The summed E-state index contributed by atoms with van der Waals surface area (Å²) in [5, 5.41) is 3.54. The number of aliphatic imine (C=N–C) groups is 1. The van der Waals surface area contributed by atoms with E-state index < -0.39 is 5.91 Å². The predicted octanol–water partition coefficient (Wildman–Crippen LogP) is 6.48. The van der Waals surface area contributed by atoms with Gasteiger partial charge in [0.05, 0.1) is 16.0 Å². The van der Waals surface area contributed by atoms with E-state index >= 15 is 0 Å². The summed E-state index contributed by atoms with van der Waals surface area (Å²) in [5.74, 6) is 0.354. The quantitative estimate of drug-likeness (QED) is 0.329. The lowest BCUT2D eigenvalue weighted by molar-refractivity contribution is -0.115. The fraction of sp³-hybridized carbons (Fsp3) is 0.115. The molecule has 0 aromatic heterocycles. The van der Waals surface area contributed by atoms with Crippen LogP contribution in [0.3, 0.4) is 0 Å². The molecule has 35 heavy (non-hydrogen) atoms. The molecule has 1 heterocycles. The molecule has 3 aromatic rings. The molecule has 3 aromatic carbocycles. The summed E-state index contributed by atoms with van der Waals surface area (Å²) in [6.07, 6.45) is 1.71. The van der Waals surface area contributed by atoms with Gasteiger partial charge in [0.15, 0.2) is 16.7 Å². The van der Waals surface area contributed by atoms with Gasteiger partial charge in [-0.1, -0.05) is 41.9 Å². The van der Waals surface area contributed by atoms with Crippen LogP contribution in [0.1, 0.15) is 28.4 Å². The summed E-state index contributed by atoms with van der Waals surface area (Å²) in [4.78, 5) is 29.3. The zero-order valence-corrected chi connectivity index (χ0v) is 21.7. The second kappa shape index (κ2) is 11.6. The van der Waals surface area contributed by atoms with E-state index in [0.29, 0.717) is 44.7 Å². The molecule has 1 saturated heterocycles. The summed E-state index contributed by atoms with van der Waals surface area (Å²) in [6.45, 7) is 2.66. The predicted molar refractivity (Wildman–Crippen MR) is 143 cm³/mol. The first-order valence-corrected chi connectivity index (χ1v) is 12.6. The Bertz CT molecular complexity index is 1310. The number of halogens is 2. The number of hydrogen-bond donors (Lipinski definition) is 1. The van der Waals surface area contributed by atoms with Crippen LogP contribution in [0, 0.1) is 0 Å². The van der Waals surface area contributed by atoms with Crippen molar-refractivity contribution < 1.29 is 19.1 Å². The standard InChI is InChI=1S/C26H20BrClN2O4S/c1-2-33-21-13-17(12-20(27)23(21)34-15-16-8-10-19(28)11-9-16)14-22-25(32)30-26(35-22)29-24(31)18-6-4-3-5-7-18/h3-14H,2,15H2,1H3,(H,29,30,31,32)/b22-14-. The van der Waals surface area contributed by atoms with E-state index in [2.05, 4.69) is 26.2 Å². The Morgan fingerprint density at radius 3 is 2.57 bits per heavy atom. The van der Waals surface area contributed by atoms with E-state index in [1.807, 2.05) is 43.3 Å². The van der Waals surface area contributed by atoms with Gasteiger partial charge in [-0.05, 0) is 88.2 Å². The highest BCUT2D eigenvalue weighted by Gasteiger charge is 2.25. The van der Waals surface area contributed by atoms with Crippen molar-refractivity contribution in [1.29, 1.82) is 0 Å². The van der Waals surface area contributed by atoms with Gasteiger partial charge in [-0.15, -0.1) is 0 Å². The number of carbonyl (C=O) groups excluding carboxylic acids is 2. The summed E-state index contributed by atoms with van der Waals surface area (Å²) in [5.41, 5.74) is 2.14. The fourth-order valence-corrected chi connectivity index (χ4v) is 4.70. The topological polar surface area (TPSA) is 77.0 Å². The zero-order valence-electron chi connectivity index (χ0n) is 18.6. The Kier molecular flexibility index (Phi) is 8.28. The molecule has 4 rings (SSSR count). The van der Waals surface area contributed by atoms with Crippen molar-refractivity contribution in [2.45, 2.75) is 13.5 Å². The van der Waals surface area contributed by atoms with E-state index in [9.17, 15) is 9.59 Å². The van der Waals surface area contributed by atoms with Crippen LogP contribution in [-0.2, 0) is 11.4 Å². The second-order valence-corrected chi connectivity index (χ2v) is 9.65. The Hall–Kier alpha value is -3.07. The van der Waals surface area contributed by atoms with Gasteiger partial charge in [0.25, 0.3) is 11.8 Å². The molecule has 178 valence electrons. The Labute approximate surface area is 220 Å². The number of ether oxygens (including phenoxy) is 2. The molecular formula is C26H20BrClN2O4S. The molecule has 1 fully saturated rings. The lowest BCUT2D eigenvalue weighted by Gasteiger charge is -2.15. The number of rotatable bonds is 7. The smallest absolute Gasteiger partial charge is 0.279 e. The van der Waals surface area contributed by atoms with Crippen molar-refractivity contribution in [3.8, 4) is 11.5 Å². The summed E-state index contributed by atoms with van der Waals surface area (Å²) in [6, 6.07) is 19.7. The molecule has 0 bridgehead atoms. The number of amides is 2. The van der Waals surface area contributed by atoms with Gasteiger partial charge >= 0.3 is 0 Å². The first-order chi connectivity index (χ1) is 16.9. The van der Waals surface area contributed by atoms with Crippen LogP contribution in [0.2, 0.25) is 5.02 Å². The molecule has 0 spiro atoms. The molecule has 0 unspecified atom stereocenters. The van der Waals surface area contributed by atoms with Gasteiger partial charge in [-0.25, -0.2) is 0 Å². The van der Waals surface area contributed by atoms with Crippen molar-refractivity contribution in [3.05, 3.63) is 97.8 Å². The number of thioether (sulfide) groups is 1. The minimum atomic E-state index is -0.418. The Balaban J connectivity index is 1.53. The van der Waals surface area contributed by atoms with E-state index in [1.54, 1.807) is 36.4 Å². The maximum Gasteiger partial charge on any atom is 0.279 e. The van der Waals surface area contributed by atoms with Gasteiger partial charge in [-0.3, -0.25) is 9.59 Å². The molecular weight excluding hydrogens is 552 g/mol. The van der Waals surface area contributed by atoms with Crippen LogP contribution in [0.25, 0.3) is 6.08 Å². The maximum atomic E-state index is 12.5. The van der Waals surface area contributed by atoms with Crippen LogP contribution in [-0.4, -0.2) is 23.6 Å². The van der Waals surface area contributed by atoms with Crippen LogP contribution in [0.5, 0.6) is 11.5 Å². The average molecular weight is 572 g/mol. The first-order valence-electron chi connectivity index (χ1n) is 10.7. The van der Waals surface area contributed by atoms with Gasteiger partial charge in [0.2, 0.25) is 0 Å². The van der Waals surface area contributed by atoms with E-state index in [4.69, 9.17) is 21.1 Å². The number of hydrogen-bond acceptors (Lipinski definition) is 5. The highest BCUT2D eigenvalue weighted by Crippen LogP contribution is 2.39. The van der Waals surface area contributed by atoms with Crippen molar-refractivity contribution in [3.63, 3.8) is 0 Å². The summed E-state index contributed by atoms with van der Waals surface area (Å²) < 4.78 is 12.5. The molecule has 1 aliphatic rings. The third-order valence-corrected chi connectivity index (χ3v) is 6.55. The first kappa shape index (κ1) is 25.0.